The Kier molecular flexibility index (Phi) is 5.61. The number of rotatable bonds is 6. The molecule has 3 aromatic rings. The molecule has 1 heterocycles. The van der Waals surface area contributed by atoms with Crippen LogP contribution in [0.4, 0.5) is 10.1 Å². The second kappa shape index (κ2) is 8.27. The van der Waals surface area contributed by atoms with E-state index in [0.29, 0.717) is 29.3 Å². The summed E-state index contributed by atoms with van der Waals surface area (Å²) >= 11 is 0. The number of anilines is 1. The molecule has 0 fully saturated rings. The number of amides is 1. The second-order valence-corrected chi connectivity index (χ2v) is 5.70. The van der Waals surface area contributed by atoms with E-state index in [1.165, 1.54) is 24.3 Å². The highest BCUT2D eigenvalue weighted by Crippen LogP contribution is 2.23. The molecule has 0 aliphatic heterocycles. The zero-order chi connectivity index (χ0) is 19.2. The Morgan fingerprint density at radius 2 is 1.85 bits per heavy atom. The summed E-state index contributed by atoms with van der Waals surface area (Å²) in [6.07, 6.45) is 0. The highest BCUT2D eigenvalue weighted by Gasteiger charge is 2.11. The van der Waals surface area contributed by atoms with Crippen LogP contribution in [0.5, 0.6) is 5.75 Å². The second-order valence-electron chi connectivity index (χ2n) is 5.70. The fourth-order valence-corrected chi connectivity index (χ4v) is 2.51. The van der Waals surface area contributed by atoms with Gasteiger partial charge in [0.2, 0.25) is 5.91 Å². The Bertz CT molecular complexity index is 1000. The van der Waals surface area contributed by atoms with Gasteiger partial charge in [0.1, 0.15) is 18.1 Å². The molecule has 27 heavy (non-hydrogen) atoms. The van der Waals surface area contributed by atoms with Crippen LogP contribution in [0.1, 0.15) is 6.92 Å². The lowest BCUT2D eigenvalue weighted by atomic mass is 10.1. The van der Waals surface area contributed by atoms with Gasteiger partial charge in [0.25, 0.3) is 5.56 Å². The van der Waals surface area contributed by atoms with E-state index in [4.69, 9.17) is 4.74 Å². The standard InChI is InChI=1S/C20H18FN3O3/c1-2-27-18-6-4-3-5-17(18)22-19(25)13-24-20(26)12-11-16(23-24)14-7-9-15(21)10-8-14/h3-12H,2,13H2,1H3,(H,22,25). The van der Waals surface area contributed by atoms with Crippen molar-refractivity contribution in [3.63, 3.8) is 0 Å². The molecule has 0 aliphatic carbocycles. The number of halogens is 1. The Labute approximate surface area is 155 Å². The molecule has 138 valence electrons. The van der Waals surface area contributed by atoms with E-state index in [1.807, 2.05) is 6.92 Å². The van der Waals surface area contributed by atoms with Crippen molar-refractivity contribution in [1.82, 2.24) is 9.78 Å². The van der Waals surface area contributed by atoms with Crippen LogP contribution in [-0.2, 0) is 11.3 Å². The van der Waals surface area contributed by atoms with E-state index in [9.17, 15) is 14.0 Å². The molecule has 0 bridgehead atoms. The summed E-state index contributed by atoms with van der Waals surface area (Å²) in [6, 6.07) is 15.6. The fourth-order valence-electron chi connectivity index (χ4n) is 2.51. The largest absolute Gasteiger partial charge is 0.492 e. The Morgan fingerprint density at radius 1 is 1.11 bits per heavy atom. The number of hydrogen-bond acceptors (Lipinski definition) is 4. The van der Waals surface area contributed by atoms with E-state index in [2.05, 4.69) is 10.4 Å². The van der Waals surface area contributed by atoms with Crippen molar-refractivity contribution in [2.75, 3.05) is 11.9 Å². The van der Waals surface area contributed by atoms with Crippen LogP contribution in [0.15, 0.2) is 65.5 Å². The van der Waals surface area contributed by atoms with Gasteiger partial charge < -0.3 is 10.1 Å². The molecule has 2 aromatic carbocycles. The van der Waals surface area contributed by atoms with Crippen LogP contribution in [0.2, 0.25) is 0 Å². The number of benzene rings is 2. The first-order valence-corrected chi connectivity index (χ1v) is 8.42. The first-order chi connectivity index (χ1) is 13.1. The summed E-state index contributed by atoms with van der Waals surface area (Å²) < 4.78 is 19.6. The Hall–Kier alpha value is -3.48. The average Bonchev–Trinajstić information content (AvgIpc) is 2.66. The molecule has 0 atom stereocenters. The Balaban J connectivity index is 1.79. The van der Waals surface area contributed by atoms with Crippen molar-refractivity contribution in [1.29, 1.82) is 0 Å². The van der Waals surface area contributed by atoms with E-state index in [0.717, 1.165) is 4.68 Å². The highest BCUT2D eigenvalue weighted by atomic mass is 19.1. The van der Waals surface area contributed by atoms with Gasteiger partial charge in [0.15, 0.2) is 0 Å². The number of nitrogens with zero attached hydrogens (tertiary/aromatic N) is 2. The number of ether oxygens (including phenoxy) is 1. The van der Waals surface area contributed by atoms with Gasteiger partial charge in [-0.15, -0.1) is 0 Å². The van der Waals surface area contributed by atoms with Crippen molar-refractivity contribution < 1.29 is 13.9 Å². The summed E-state index contributed by atoms with van der Waals surface area (Å²) in [7, 11) is 0. The van der Waals surface area contributed by atoms with Gasteiger partial charge in [0.05, 0.1) is 18.0 Å². The lowest BCUT2D eigenvalue weighted by Crippen LogP contribution is -2.29. The minimum absolute atomic E-state index is 0.256. The van der Waals surface area contributed by atoms with Gasteiger partial charge in [-0.25, -0.2) is 9.07 Å². The van der Waals surface area contributed by atoms with Gasteiger partial charge in [0, 0.05) is 11.6 Å². The number of carbonyl (C=O) groups is 1. The van der Waals surface area contributed by atoms with Gasteiger partial charge in [-0.05, 0) is 49.4 Å². The number of aromatic nitrogens is 2. The van der Waals surface area contributed by atoms with Gasteiger partial charge in [-0.2, -0.15) is 5.10 Å². The zero-order valence-corrected chi connectivity index (χ0v) is 14.7. The molecule has 0 saturated heterocycles. The maximum atomic E-state index is 13.1. The number of carbonyl (C=O) groups excluding carboxylic acids is 1. The maximum absolute atomic E-state index is 13.1. The van der Waals surface area contributed by atoms with E-state index in [1.54, 1.807) is 36.4 Å². The predicted molar refractivity (Wildman–Crippen MR) is 100 cm³/mol. The monoisotopic (exact) mass is 367 g/mol. The van der Waals surface area contributed by atoms with Crippen LogP contribution in [0.25, 0.3) is 11.3 Å². The predicted octanol–water partition coefficient (Wildman–Crippen LogP) is 3.09. The molecule has 1 aromatic heterocycles. The zero-order valence-electron chi connectivity index (χ0n) is 14.7. The lowest BCUT2D eigenvalue weighted by Gasteiger charge is -2.12. The molecule has 6 nitrogen and oxygen atoms in total. The van der Waals surface area contributed by atoms with E-state index in [-0.39, 0.29) is 12.4 Å². The third-order valence-corrected chi connectivity index (χ3v) is 3.76. The topological polar surface area (TPSA) is 73.2 Å². The SMILES string of the molecule is CCOc1ccccc1NC(=O)Cn1nc(-c2ccc(F)cc2)ccc1=O. The normalized spacial score (nSPS) is 10.4. The molecule has 1 amide bonds. The Morgan fingerprint density at radius 3 is 2.59 bits per heavy atom. The van der Waals surface area contributed by atoms with Crippen LogP contribution < -0.4 is 15.6 Å². The van der Waals surface area contributed by atoms with Crippen molar-refractivity contribution in [2.45, 2.75) is 13.5 Å². The molecule has 0 unspecified atom stereocenters. The summed E-state index contributed by atoms with van der Waals surface area (Å²) in [4.78, 5) is 24.4. The van der Waals surface area contributed by atoms with Crippen LogP contribution in [0.3, 0.4) is 0 Å². The van der Waals surface area contributed by atoms with E-state index >= 15 is 0 Å². The van der Waals surface area contributed by atoms with Crippen LogP contribution >= 0.6 is 0 Å². The summed E-state index contributed by atoms with van der Waals surface area (Å²) in [5.41, 5.74) is 1.23. The molecule has 0 saturated carbocycles. The maximum Gasteiger partial charge on any atom is 0.267 e. The molecular formula is C20H18FN3O3. The van der Waals surface area contributed by atoms with E-state index < -0.39 is 11.5 Å². The summed E-state index contributed by atoms with van der Waals surface area (Å²) in [5.74, 6) is -0.221. The lowest BCUT2D eigenvalue weighted by molar-refractivity contribution is -0.117. The molecule has 7 heteroatoms. The number of hydrogen-bond donors (Lipinski definition) is 1. The average molecular weight is 367 g/mol. The number of para-hydroxylation sites is 2. The smallest absolute Gasteiger partial charge is 0.267 e. The number of nitrogens with one attached hydrogen (secondary N) is 1. The van der Waals surface area contributed by atoms with Gasteiger partial charge in [-0.3, -0.25) is 9.59 Å². The van der Waals surface area contributed by atoms with Gasteiger partial charge >= 0.3 is 0 Å². The quantitative estimate of drug-likeness (QED) is 0.727. The molecule has 0 aliphatic rings. The third kappa shape index (κ3) is 4.58. The van der Waals surface area contributed by atoms with Crippen molar-refractivity contribution in [3.05, 3.63) is 76.8 Å². The first-order valence-electron chi connectivity index (χ1n) is 8.42. The third-order valence-electron chi connectivity index (χ3n) is 3.76. The summed E-state index contributed by atoms with van der Waals surface area (Å²) in [5, 5.41) is 6.93. The molecule has 3 rings (SSSR count). The van der Waals surface area contributed by atoms with Gasteiger partial charge in [-0.1, -0.05) is 12.1 Å². The van der Waals surface area contributed by atoms with Crippen LogP contribution in [-0.4, -0.2) is 22.3 Å². The molecule has 1 N–H and O–H groups in total. The highest BCUT2D eigenvalue weighted by molar-refractivity contribution is 5.92. The van der Waals surface area contributed by atoms with Crippen molar-refractivity contribution in [2.24, 2.45) is 0 Å². The molecule has 0 radical (unpaired) electrons. The van der Waals surface area contributed by atoms with Crippen molar-refractivity contribution >= 4 is 11.6 Å². The minimum atomic E-state index is -0.409. The van der Waals surface area contributed by atoms with Crippen LogP contribution in [0, 0.1) is 5.82 Å². The minimum Gasteiger partial charge on any atom is -0.492 e. The van der Waals surface area contributed by atoms with Crippen molar-refractivity contribution in [3.8, 4) is 17.0 Å². The molecular weight excluding hydrogens is 349 g/mol. The molecule has 0 spiro atoms. The summed E-state index contributed by atoms with van der Waals surface area (Å²) in [6.45, 7) is 2.06. The first kappa shape index (κ1) is 18.3. The fraction of sp³-hybridized carbons (Fsp3) is 0.150.